The van der Waals surface area contributed by atoms with Crippen LogP contribution >= 0.6 is 0 Å². The lowest BCUT2D eigenvalue weighted by molar-refractivity contribution is -0.141. The van der Waals surface area contributed by atoms with Crippen molar-refractivity contribution in [2.45, 2.75) is 163 Å². The summed E-state index contributed by atoms with van der Waals surface area (Å²) in [6.45, 7) is 18.6. The zero-order valence-electron chi connectivity index (χ0n) is 53.5. The van der Waals surface area contributed by atoms with Crippen LogP contribution in [0.4, 0.5) is 15.3 Å². The van der Waals surface area contributed by atoms with E-state index in [-0.39, 0.29) is 92.2 Å². The standard InChI is InChI=1S/C65H92N10O13S/c1-41(2)50(36-43(5)58(80)73-89(86,87)40-46-20-15-13-16-21-46)74(12)61(83)57(64(6,7)8)72-60(82)56(67-11)65(9,10)48-28-24-44(25-29-48)38-69-63(85)88-39-45-26-30-49(31-27-45)70-59(81)47(22-19-34-68-62(66)84)37-51(76)55(42(3)4)71-52(77)23-17-14-18-35-75-53(78)32-33-54(75)79/h13,15-16,20-21,24-33,36,41-42,47,50,55-57,67H,14,17-19,22-23,34-35,37-40H2,1-12H3,(H,69,85)(H,70,81)(H,71,77)(H,72,82)(H,73,80)(H3,66,68,84)/b43-36+/t47-,50+,55?,56+,57+/m0/s1. The fourth-order valence-corrected chi connectivity index (χ4v) is 11.4. The Morgan fingerprint density at radius 2 is 1.35 bits per heavy atom. The van der Waals surface area contributed by atoms with E-state index in [0.29, 0.717) is 42.5 Å². The molecule has 1 aliphatic rings. The second kappa shape index (κ2) is 33.9. The third kappa shape index (κ3) is 23.3. The van der Waals surface area contributed by atoms with Crippen molar-refractivity contribution >= 4 is 75.0 Å². The van der Waals surface area contributed by atoms with Crippen LogP contribution in [0.15, 0.2) is 103 Å². The Morgan fingerprint density at radius 1 is 0.730 bits per heavy atom. The van der Waals surface area contributed by atoms with Crippen LogP contribution in [0.3, 0.4) is 0 Å². The van der Waals surface area contributed by atoms with Crippen molar-refractivity contribution in [3.05, 3.63) is 125 Å². The van der Waals surface area contributed by atoms with Gasteiger partial charge in [-0.05, 0) is 91.3 Å². The number of unbranched alkanes of at least 4 members (excludes halogenated alkanes) is 2. The van der Waals surface area contributed by atoms with Gasteiger partial charge in [0.15, 0.2) is 5.78 Å². The number of primary amides is 1. The molecule has 23 nitrogen and oxygen atoms in total. The summed E-state index contributed by atoms with van der Waals surface area (Å²) < 4.78 is 33.4. The smallest absolute Gasteiger partial charge is 0.407 e. The van der Waals surface area contributed by atoms with E-state index < -0.39 is 86.7 Å². The van der Waals surface area contributed by atoms with Crippen molar-refractivity contribution in [2.75, 3.05) is 32.5 Å². The third-order valence-electron chi connectivity index (χ3n) is 15.5. The maximum Gasteiger partial charge on any atom is 0.407 e. The number of carbonyl (C=O) groups excluding carboxylic acids is 10. The summed E-state index contributed by atoms with van der Waals surface area (Å²) in [5.74, 6) is -5.22. The van der Waals surface area contributed by atoms with Gasteiger partial charge in [-0.25, -0.2) is 22.7 Å². The van der Waals surface area contributed by atoms with Crippen LogP contribution in [0.5, 0.6) is 0 Å². The highest BCUT2D eigenvalue weighted by molar-refractivity contribution is 7.89. The molecule has 5 atom stereocenters. The zero-order chi connectivity index (χ0) is 66.4. The fourth-order valence-electron chi connectivity index (χ4n) is 10.2. The van der Waals surface area contributed by atoms with Crippen LogP contribution in [-0.2, 0) is 77.4 Å². The minimum absolute atomic E-state index is 0.0961. The maximum absolute atomic E-state index is 14.5. The number of imide groups is 1. The molecule has 486 valence electrons. The highest BCUT2D eigenvalue weighted by Crippen LogP contribution is 2.30. The predicted octanol–water partition coefficient (Wildman–Crippen LogP) is 6.17. The summed E-state index contributed by atoms with van der Waals surface area (Å²) in [7, 11) is -0.778. The number of urea groups is 1. The Hall–Kier alpha value is -8.25. The van der Waals surface area contributed by atoms with E-state index in [1.165, 1.54) is 24.0 Å². The van der Waals surface area contributed by atoms with Gasteiger partial charge in [0.05, 0.1) is 23.9 Å². The number of nitrogens with zero attached hydrogens (tertiary/aromatic N) is 2. The second-order valence-corrected chi connectivity index (χ2v) is 26.6. The number of Topliss-reactive ketones (excluding diaryl/α,β-unsaturated/α-hetero) is 1. The molecule has 0 aromatic heterocycles. The van der Waals surface area contributed by atoms with E-state index in [1.807, 2.05) is 72.7 Å². The minimum Gasteiger partial charge on any atom is -0.445 e. The number of hydrogen-bond donors (Lipinski definition) is 8. The Bertz CT molecular complexity index is 3120. The highest BCUT2D eigenvalue weighted by atomic mass is 32.2. The average Bonchev–Trinajstić information content (AvgIpc) is 3.28. The van der Waals surface area contributed by atoms with Crippen LogP contribution in [0, 0.1) is 23.2 Å². The number of rotatable bonds is 34. The van der Waals surface area contributed by atoms with E-state index >= 15 is 0 Å². The number of carbonyl (C=O) groups is 10. The summed E-state index contributed by atoms with van der Waals surface area (Å²) in [6, 6.07) is 18.3. The molecule has 0 saturated heterocycles. The summed E-state index contributed by atoms with van der Waals surface area (Å²) in [4.78, 5) is 133. The van der Waals surface area contributed by atoms with Gasteiger partial charge in [0, 0.05) is 74.3 Å². The maximum atomic E-state index is 14.5. The number of ether oxygens (including phenoxy) is 1. The fraction of sp³-hybridized carbons (Fsp3) is 0.508. The van der Waals surface area contributed by atoms with Gasteiger partial charge in [-0.15, -0.1) is 0 Å². The summed E-state index contributed by atoms with van der Waals surface area (Å²) in [5.41, 5.74) is 6.81. The molecule has 0 radical (unpaired) electrons. The van der Waals surface area contributed by atoms with Crippen molar-refractivity contribution in [3.63, 3.8) is 0 Å². The Labute approximate surface area is 524 Å². The highest BCUT2D eigenvalue weighted by Gasteiger charge is 2.42. The minimum atomic E-state index is -4.02. The number of likely N-dealkylation sites (N-methyl/N-ethyl adjacent to an activating group) is 2. The third-order valence-corrected chi connectivity index (χ3v) is 16.7. The van der Waals surface area contributed by atoms with Crippen LogP contribution < -0.4 is 42.4 Å². The Morgan fingerprint density at radius 3 is 1.92 bits per heavy atom. The number of nitrogens with one attached hydrogen (secondary N) is 7. The van der Waals surface area contributed by atoms with E-state index in [4.69, 9.17) is 10.5 Å². The van der Waals surface area contributed by atoms with Crippen molar-refractivity contribution in [1.29, 1.82) is 0 Å². The molecular weight excluding hydrogens is 1160 g/mol. The van der Waals surface area contributed by atoms with Gasteiger partial charge in [-0.2, -0.15) is 0 Å². The molecule has 9 N–H and O–H groups in total. The van der Waals surface area contributed by atoms with Crippen LogP contribution in [0.25, 0.3) is 0 Å². The van der Waals surface area contributed by atoms with Gasteiger partial charge < -0.3 is 47.3 Å². The first-order valence-electron chi connectivity index (χ1n) is 30.0. The number of anilines is 1. The van der Waals surface area contributed by atoms with Crippen LogP contribution in [0.1, 0.15) is 136 Å². The normalized spacial score (nSPS) is 14.5. The topological polar surface area (TPSA) is 331 Å². The molecule has 0 fully saturated rings. The average molecular weight is 1250 g/mol. The number of sulfonamides is 1. The number of alkyl carbamates (subject to hydrolysis) is 1. The van der Waals surface area contributed by atoms with Crippen LogP contribution in [0.2, 0.25) is 0 Å². The number of hydrogen-bond acceptors (Lipinski definition) is 14. The summed E-state index contributed by atoms with van der Waals surface area (Å²) in [5, 5.41) is 17.1. The van der Waals surface area contributed by atoms with E-state index in [2.05, 4.69) is 36.6 Å². The molecule has 10 amide bonds. The van der Waals surface area contributed by atoms with Crippen molar-refractivity contribution in [2.24, 2.45) is 28.9 Å². The first-order chi connectivity index (χ1) is 41.7. The molecule has 3 aromatic carbocycles. The lowest BCUT2D eigenvalue weighted by atomic mass is 9.76. The van der Waals surface area contributed by atoms with Gasteiger partial charge in [0.2, 0.25) is 33.7 Å². The number of nitrogens with two attached hydrogens (primary N) is 1. The Kier molecular flexibility index (Phi) is 27.9. The van der Waals surface area contributed by atoms with Gasteiger partial charge in [0.25, 0.3) is 17.7 Å². The zero-order valence-corrected chi connectivity index (χ0v) is 54.3. The molecule has 0 aliphatic carbocycles. The molecule has 3 aromatic rings. The number of ketones is 1. The monoisotopic (exact) mass is 1250 g/mol. The summed E-state index contributed by atoms with van der Waals surface area (Å²) >= 11 is 0. The van der Waals surface area contributed by atoms with Gasteiger partial charge in [-0.3, -0.25) is 43.3 Å². The predicted molar refractivity (Wildman–Crippen MR) is 339 cm³/mol. The van der Waals surface area contributed by atoms with Crippen molar-refractivity contribution in [3.8, 4) is 0 Å². The quantitative estimate of drug-likeness (QED) is 0.0188. The first-order valence-corrected chi connectivity index (χ1v) is 31.7. The number of benzene rings is 3. The molecule has 89 heavy (non-hydrogen) atoms. The lowest BCUT2D eigenvalue weighted by Crippen LogP contribution is -2.61. The van der Waals surface area contributed by atoms with Crippen LogP contribution in [-0.4, -0.2) is 129 Å². The largest absolute Gasteiger partial charge is 0.445 e. The molecular formula is C65H92N10O13S. The SMILES string of the molecule is CN[C@H](C(=O)N[C@H](C(=O)N(C)[C@H](/C=C(\C)C(=O)NS(=O)(=O)Cc1ccccc1)C(C)C)C(C)(C)C)C(C)(C)c1ccc(CNC(=O)OCc2ccc(NC(=O)[C@@H](CCCNC(N)=O)CC(=O)C(NC(=O)CCCCCN3C(=O)C=CC3=O)C(C)C)cc2)cc1. The molecule has 1 unspecified atom stereocenters. The Balaban J connectivity index is 1.30. The lowest BCUT2D eigenvalue weighted by Gasteiger charge is -2.40. The molecule has 0 spiro atoms. The van der Waals surface area contributed by atoms with E-state index in [1.54, 1.807) is 88.6 Å². The second-order valence-electron chi connectivity index (χ2n) is 24.8. The first kappa shape index (κ1) is 73.2. The summed E-state index contributed by atoms with van der Waals surface area (Å²) in [6.07, 6.45) is 5.39. The molecule has 1 aliphatic heterocycles. The van der Waals surface area contributed by atoms with Gasteiger partial charge in [-0.1, -0.05) is 142 Å². The molecule has 0 saturated carbocycles. The van der Waals surface area contributed by atoms with Crippen molar-refractivity contribution in [1.82, 2.24) is 41.1 Å². The van der Waals surface area contributed by atoms with E-state index in [9.17, 15) is 56.4 Å². The number of amides is 10. The van der Waals surface area contributed by atoms with Gasteiger partial charge >= 0.3 is 12.1 Å². The van der Waals surface area contributed by atoms with Crippen molar-refractivity contribution < 1.29 is 61.1 Å². The van der Waals surface area contributed by atoms with E-state index in [0.717, 1.165) is 16.0 Å². The molecule has 4 rings (SSSR count). The molecule has 24 heteroatoms. The molecule has 0 bridgehead atoms. The van der Waals surface area contributed by atoms with Gasteiger partial charge in [0.1, 0.15) is 12.6 Å². The molecule has 1 heterocycles.